The number of benzene rings is 4. The monoisotopic (exact) mass is 872 g/mol. The Kier molecular flexibility index (Phi) is 14.7. The molecular formula is C46H38Cl2N6O8. The number of halogens is 2. The van der Waals surface area contributed by atoms with Crippen LogP contribution in [0.4, 0.5) is 0 Å². The molecule has 2 amide bonds. The van der Waals surface area contributed by atoms with Crippen LogP contribution in [0.2, 0.25) is 10.0 Å². The lowest BCUT2D eigenvalue weighted by Gasteiger charge is -2.19. The fourth-order valence-electron chi connectivity index (χ4n) is 6.46. The number of fused-ring (bicyclic) bond motifs is 1. The fourth-order valence-corrected chi connectivity index (χ4v) is 7.00. The highest BCUT2D eigenvalue weighted by Gasteiger charge is 2.24. The number of methoxy groups -OCH3 is 2. The average Bonchev–Trinajstić information content (AvgIpc) is 3.28. The minimum atomic E-state index is -1.07. The lowest BCUT2D eigenvalue weighted by molar-refractivity contribution is -0.138. The van der Waals surface area contributed by atoms with Gasteiger partial charge in [0, 0.05) is 34.2 Å². The zero-order valence-electron chi connectivity index (χ0n) is 33.2. The highest BCUT2D eigenvalue weighted by Crippen LogP contribution is 2.33. The maximum Gasteiger partial charge on any atom is 0.305 e. The van der Waals surface area contributed by atoms with Gasteiger partial charge in [0.05, 0.1) is 50.9 Å². The van der Waals surface area contributed by atoms with Crippen molar-refractivity contribution in [2.75, 3.05) is 14.2 Å². The molecule has 4 N–H and O–H groups in total. The van der Waals surface area contributed by atoms with Crippen LogP contribution < -0.4 is 20.1 Å². The SMILES string of the molecule is COc1ccc(C(=O)N[C@@H](CC(=O)O)c2ccccc2Cl)nc1-c1cnccn1.COc1ncc(C(=O)N[C@@H](CC(=O)O)c2ccccc2Cl)cc1-c1ccc2ccccc2c1. The van der Waals surface area contributed by atoms with Crippen LogP contribution >= 0.6 is 23.2 Å². The molecule has 0 aliphatic rings. The number of nitrogens with zero attached hydrogens (tertiary/aromatic N) is 4. The van der Waals surface area contributed by atoms with Crippen molar-refractivity contribution < 1.29 is 38.9 Å². The molecule has 2 atom stereocenters. The second-order valence-corrected chi connectivity index (χ2v) is 14.3. The molecule has 62 heavy (non-hydrogen) atoms. The summed E-state index contributed by atoms with van der Waals surface area (Å²) >= 11 is 12.4. The van der Waals surface area contributed by atoms with E-state index in [1.807, 2.05) is 42.5 Å². The molecule has 0 fully saturated rings. The molecule has 0 saturated heterocycles. The zero-order valence-corrected chi connectivity index (χ0v) is 34.7. The minimum absolute atomic E-state index is 0.0777. The van der Waals surface area contributed by atoms with E-state index in [9.17, 15) is 29.4 Å². The molecule has 3 heterocycles. The quantitative estimate of drug-likeness (QED) is 0.0811. The summed E-state index contributed by atoms with van der Waals surface area (Å²) in [6.07, 6.45) is 5.29. The number of ether oxygens (including phenoxy) is 2. The third-order valence-electron chi connectivity index (χ3n) is 9.41. The van der Waals surface area contributed by atoms with Gasteiger partial charge < -0.3 is 30.3 Å². The van der Waals surface area contributed by atoms with Crippen LogP contribution in [0.15, 0.2) is 134 Å². The number of hydrogen-bond donors (Lipinski definition) is 4. The summed E-state index contributed by atoms with van der Waals surface area (Å²) in [5, 5.41) is 26.9. The molecule has 0 aliphatic heterocycles. The van der Waals surface area contributed by atoms with Crippen molar-refractivity contribution in [1.29, 1.82) is 0 Å². The van der Waals surface area contributed by atoms with E-state index >= 15 is 0 Å². The van der Waals surface area contributed by atoms with Gasteiger partial charge in [-0.1, -0.05) is 96.0 Å². The molecule has 16 heteroatoms. The molecular weight excluding hydrogens is 835 g/mol. The van der Waals surface area contributed by atoms with Gasteiger partial charge in [0.25, 0.3) is 11.8 Å². The Hall–Kier alpha value is -7.42. The lowest BCUT2D eigenvalue weighted by Crippen LogP contribution is -2.31. The normalized spacial score (nSPS) is 11.6. The predicted molar refractivity (Wildman–Crippen MR) is 233 cm³/mol. The first-order chi connectivity index (χ1) is 29.9. The number of aliphatic carboxylic acids is 2. The van der Waals surface area contributed by atoms with Gasteiger partial charge in [0.15, 0.2) is 0 Å². The van der Waals surface area contributed by atoms with Crippen LogP contribution in [0.5, 0.6) is 11.6 Å². The highest BCUT2D eigenvalue weighted by atomic mass is 35.5. The van der Waals surface area contributed by atoms with Gasteiger partial charge in [0.2, 0.25) is 5.88 Å². The van der Waals surface area contributed by atoms with E-state index in [1.165, 1.54) is 45.1 Å². The summed E-state index contributed by atoms with van der Waals surface area (Å²) in [7, 11) is 3.00. The van der Waals surface area contributed by atoms with Crippen LogP contribution in [0.25, 0.3) is 33.3 Å². The van der Waals surface area contributed by atoms with Crippen molar-refractivity contribution in [3.05, 3.63) is 166 Å². The maximum absolute atomic E-state index is 13.1. The molecule has 3 aromatic heterocycles. The number of aromatic nitrogens is 4. The summed E-state index contributed by atoms with van der Waals surface area (Å²) in [6, 6.07) is 30.7. The molecule has 4 aromatic carbocycles. The van der Waals surface area contributed by atoms with Crippen molar-refractivity contribution in [3.63, 3.8) is 0 Å². The number of rotatable bonds is 14. The Morgan fingerprint density at radius 2 is 1.27 bits per heavy atom. The molecule has 7 rings (SSSR count). The van der Waals surface area contributed by atoms with E-state index in [0.717, 1.165) is 16.3 Å². The molecule has 0 unspecified atom stereocenters. The van der Waals surface area contributed by atoms with Gasteiger partial charge in [0.1, 0.15) is 22.8 Å². The standard InChI is InChI=1S/C26H21ClN2O4.C20H17ClN4O4/c1-33-26-21(18-11-10-16-6-2-3-7-17(16)12-18)13-19(15-28-26)25(32)29-23(14-24(30)31)20-8-4-5-9-22(20)27;1-29-17-7-6-14(24-19(17)16-11-22-8-9-23-16)20(28)25-15(10-18(26)27)12-4-2-3-5-13(12)21/h2-13,15,23H,14H2,1H3,(H,29,32)(H,30,31);2-9,11,15H,10H2,1H3,(H,25,28)(H,26,27)/t23-;15-/m00/s1. The Labute approximate surface area is 365 Å². The Balaban J connectivity index is 0.000000209. The Morgan fingerprint density at radius 3 is 1.85 bits per heavy atom. The van der Waals surface area contributed by atoms with Gasteiger partial charge in [-0.2, -0.15) is 0 Å². The number of carboxylic acid groups (broad SMARTS) is 2. The third kappa shape index (κ3) is 11.0. The van der Waals surface area contributed by atoms with E-state index in [4.69, 9.17) is 32.7 Å². The van der Waals surface area contributed by atoms with E-state index in [0.29, 0.717) is 49.8 Å². The van der Waals surface area contributed by atoms with Crippen LogP contribution in [0, 0.1) is 0 Å². The molecule has 0 radical (unpaired) electrons. The van der Waals surface area contributed by atoms with E-state index < -0.39 is 35.8 Å². The van der Waals surface area contributed by atoms with Crippen LogP contribution in [-0.2, 0) is 9.59 Å². The summed E-state index contributed by atoms with van der Waals surface area (Å²) in [5.41, 5.74) is 3.69. The van der Waals surface area contributed by atoms with Crippen LogP contribution in [0.1, 0.15) is 56.9 Å². The number of pyridine rings is 2. The number of nitrogens with one attached hydrogen (secondary N) is 2. The fraction of sp³-hybridized carbons (Fsp3) is 0.130. The summed E-state index contributed by atoms with van der Waals surface area (Å²) in [4.78, 5) is 65.5. The van der Waals surface area contributed by atoms with Gasteiger partial charge in [-0.15, -0.1) is 0 Å². The molecule has 314 valence electrons. The van der Waals surface area contributed by atoms with Gasteiger partial charge in [-0.25, -0.2) is 9.97 Å². The molecule has 0 saturated carbocycles. The minimum Gasteiger partial charge on any atom is -0.494 e. The molecule has 0 aliphatic carbocycles. The Bertz CT molecular complexity index is 2740. The topological polar surface area (TPSA) is 203 Å². The van der Waals surface area contributed by atoms with Crippen molar-refractivity contribution in [1.82, 2.24) is 30.6 Å². The maximum atomic E-state index is 13.1. The average molecular weight is 874 g/mol. The Morgan fingerprint density at radius 1 is 0.661 bits per heavy atom. The first-order valence-corrected chi connectivity index (χ1v) is 19.6. The molecule has 0 spiro atoms. The van der Waals surface area contributed by atoms with Gasteiger partial charge in [-0.3, -0.25) is 29.1 Å². The molecule has 14 nitrogen and oxygen atoms in total. The van der Waals surface area contributed by atoms with E-state index in [2.05, 4.69) is 30.6 Å². The predicted octanol–water partition coefficient (Wildman–Crippen LogP) is 8.66. The number of hydrogen-bond acceptors (Lipinski definition) is 10. The van der Waals surface area contributed by atoms with Crippen LogP contribution in [0.3, 0.4) is 0 Å². The smallest absolute Gasteiger partial charge is 0.305 e. The van der Waals surface area contributed by atoms with Crippen molar-refractivity contribution in [3.8, 4) is 34.1 Å². The lowest BCUT2D eigenvalue weighted by atomic mass is 10.00. The van der Waals surface area contributed by atoms with Crippen LogP contribution in [-0.4, -0.2) is 68.1 Å². The van der Waals surface area contributed by atoms with E-state index in [-0.39, 0.29) is 24.1 Å². The largest absolute Gasteiger partial charge is 0.494 e. The molecule has 7 aromatic rings. The second-order valence-electron chi connectivity index (χ2n) is 13.5. The third-order valence-corrected chi connectivity index (χ3v) is 10.1. The molecule has 0 bridgehead atoms. The summed E-state index contributed by atoms with van der Waals surface area (Å²) in [6.45, 7) is 0. The van der Waals surface area contributed by atoms with Gasteiger partial charge >= 0.3 is 11.9 Å². The highest BCUT2D eigenvalue weighted by molar-refractivity contribution is 6.31. The first-order valence-electron chi connectivity index (χ1n) is 18.8. The second kappa shape index (κ2) is 20.7. The zero-order chi connectivity index (χ0) is 44.2. The van der Waals surface area contributed by atoms with Crippen molar-refractivity contribution in [2.45, 2.75) is 24.9 Å². The van der Waals surface area contributed by atoms with Gasteiger partial charge in [-0.05, 0) is 63.9 Å². The van der Waals surface area contributed by atoms with Crippen molar-refractivity contribution >= 4 is 57.7 Å². The number of amides is 2. The summed E-state index contributed by atoms with van der Waals surface area (Å²) in [5.74, 6) is -2.32. The van der Waals surface area contributed by atoms with E-state index in [1.54, 1.807) is 60.7 Å². The van der Waals surface area contributed by atoms with Crippen molar-refractivity contribution in [2.24, 2.45) is 0 Å². The number of carboxylic acids is 2. The number of carbonyl (C=O) groups excluding carboxylic acids is 2. The summed E-state index contributed by atoms with van der Waals surface area (Å²) < 4.78 is 10.7. The first kappa shape index (κ1) is 44.1. The number of carbonyl (C=O) groups is 4.